The van der Waals surface area contributed by atoms with E-state index >= 15 is 0 Å². The largest absolute Gasteiger partial charge is 0.397 e. The standard InChI is InChI=1S/C10H12N4O/c11-7-2-1-6(5-8(7)12)9-3-4-10(15)14-13-9/h1-2,5H,3-4,11-12H2,(H,14,15). The highest BCUT2D eigenvalue weighted by molar-refractivity contribution is 6.05. The Balaban J connectivity index is 2.30. The van der Waals surface area contributed by atoms with Crippen LogP contribution in [-0.2, 0) is 4.79 Å². The fourth-order valence-electron chi connectivity index (χ4n) is 1.44. The van der Waals surface area contributed by atoms with E-state index in [2.05, 4.69) is 10.5 Å². The third-order valence-electron chi connectivity index (χ3n) is 2.32. The van der Waals surface area contributed by atoms with Crippen molar-refractivity contribution in [1.29, 1.82) is 0 Å². The molecule has 5 N–H and O–H groups in total. The number of hydrazone groups is 1. The van der Waals surface area contributed by atoms with Crippen molar-refractivity contribution in [3.05, 3.63) is 23.8 Å². The molecular formula is C10H12N4O. The second kappa shape index (κ2) is 3.61. The average Bonchev–Trinajstić information content (AvgIpc) is 2.23. The molecule has 1 amide bonds. The number of amides is 1. The molecule has 0 unspecified atom stereocenters. The quantitative estimate of drug-likeness (QED) is 0.580. The summed E-state index contributed by atoms with van der Waals surface area (Å²) in [6.07, 6.45) is 1.10. The molecule has 1 aliphatic rings. The van der Waals surface area contributed by atoms with Crippen LogP contribution >= 0.6 is 0 Å². The molecule has 0 aromatic heterocycles. The van der Waals surface area contributed by atoms with Gasteiger partial charge in [-0.15, -0.1) is 0 Å². The molecule has 1 heterocycles. The highest BCUT2D eigenvalue weighted by Crippen LogP contribution is 2.18. The maximum absolute atomic E-state index is 10.9. The minimum atomic E-state index is -0.0535. The summed E-state index contributed by atoms with van der Waals surface area (Å²) in [7, 11) is 0. The van der Waals surface area contributed by atoms with Crippen molar-refractivity contribution in [3.63, 3.8) is 0 Å². The molecule has 0 saturated carbocycles. The van der Waals surface area contributed by atoms with Crippen molar-refractivity contribution in [2.24, 2.45) is 5.10 Å². The first-order valence-electron chi connectivity index (χ1n) is 4.67. The molecular weight excluding hydrogens is 192 g/mol. The number of benzene rings is 1. The Kier molecular flexibility index (Phi) is 2.29. The van der Waals surface area contributed by atoms with Crippen LogP contribution in [0.5, 0.6) is 0 Å². The lowest BCUT2D eigenvalue weighted by atomic mass is 10.0. The maximum atomic E-state index is 10.9. The van der Waals surface area contributed by atoms with E-state index in [-0.39, 0.29) is 5.91 Å². The number of nitrogens with one attached hydrogen (secondary N) is 1. The summed E-state index contributed by atoms with van der Waals surface area (Å²) in [4.78, 5) is 10.9. The van der Waals surface area contributed by atoms with Gasteiger partial charge in [-0.1, -0.05) is 6.07 Å². The Morgan fingerprint density at radius 2 is 2.00 bits per heavy atom. The lowest BCUT2D eigenvalue weighted by Crippen LogP contribution is -2.25. The number of nitrogens with zero attached hydrogens (tertiary/aromatic N) is 1. The van der Waals surface area contributed by atoms with Crippen LogP contribution in [0, 0.1) is 0 Å². The number of nitrogen functional groups attached to an aromatic ring is 2. The molecule has 5 nitrogen and oxygen atoms in total. The van der Waals surface area contributed by atoms with E-state index in [4.69, 9.17) is 11.5 Å². The van der Waals surface area contributed by atoms with Gasteiger partial charge >= 0.3 is 0 Å². The van der Waals surface area contributed by atoms with Gasteiger partial charge in [0.1, 0.15) is 0 Å². The van der Waals surface area contributed by atoms with Gasteiger partial charge in [0.2, 0.25) is 5.91 Å². The highest BCUT2D eigenvalue weighted by Gasteiger charge is 2.13. The SMILES string of the molecule is Nc1ccc(C2=NNC(=O)CC2)cc1N. The van der Waals surface area contributed by atoms with Crippen LogP contribution < -0.4 is 16.9 Å². The molecule has 0 radical (unpaired) electrons. The van der Waals surface area contributed by atoms with Gasteiger partial charge in [-0.05, 0) is 17.7 Å². The van der Waals surface area contributed by atoms with Gasteiger partial charge < -0.3 is 11.5 Å². The van der Waals surface area contributed by atoms with Crippen LogP contribution in [0.15, 0.2) is 23.3 Å². The summed E-state index contributed by atoms with van der Waals surface area (Å²) < 4.78 is 0. The number of carbonyl (C=O) groups is 1. The van der Waals surface area contributed by atoms with E-state index in [1.165, 1.54) is 0 Å². The molecule has 1 aromatic rings. The summed E-state index contributed by atoms with van der Waals surface area (Å²) in [6.45, 7) is 0. The summed E-state index contributed by atoms with van der Waals surface area (Å²) in [5.74, 6) is -0.0535. The maximum Gasteiger partial charge on any atom is 0.240 e. The fourth-order valence-corrected chi connectivity index (χ4v) is 1.44. The van der Waals surface area contributed by atoms with E-state index in [9.17, 15) is 4.79 Å². The van der Waals surface area contributed by atoms with Crippen molar-refractivity contribution in [2.75, 3.05) is 11.5 Å². The van der Waals surface area contributed by atoms with Crippen molar-refractivity contribution in [1.82, 2.24) is 5.43 Å². The van der Waals surface area contributed by atoms with Gasteiger partial charge in [-0.2, -0.15) is 5.10 Å². The average molecular weight is 204 g/mol. The zero-order valence-corrected chi connectivity index (χ0v) is 8.16. The van der Waals surface area contributed by atoms with Crippen LogP contribution in [0.25, 0.3) is 0 Å². The molecule has 0 atom stereocenters. The number of hydrogen-bond acceptors (Lipinski definition) is 4. The molecule has 2 rings (SSSR count). The lowest BCUT2D eigenvalue weighted by molar-refractivity contribution is -0.121. The molecule has 0 saturated heterocycles. The number of nitrogens with two attached hydrogens (primary N) is 2. The van der Waals surface area contributed by atoms with E-state index in [0.29, 0.717) is 24.2 Å². The Morgan fingerprint density at radius 1 is 1.20 bits per heavy atom. The molecule has 5 heteroatoms. The van der Waals surface area contributed by atoms with Crippen LogP contribution in [0.2, 0.25) is 0 Å². The normalized spacial score (nSPS) is 15.7. The van der Waals surface area contributed by atoms with Crippen molar-refractivity contribution in [2.45, 2.75) is 12.8 Å². The molecule has 0 spiro atoms. The summed E-state index contributed by atoms with van der Waals surface area (Å²) in [5, 5.41) is 3.97. The van der Waals surface area contributed by atoms with Gasteiger partial charge in [0.15, 0.2) is 0 Å². The van der Waals surface area contributed by atoms with E-state index in [0.717, 1.165) is 11.3 Å². The summed E-state index contributed by atoms with van der Waals surface area (Å²) in [5.41, 5.74) is 16.6. The van der Waals surface area contributed by atoms with Gasteiger partial charge in [-0.25, -0.2) is 5.43 Å². The zero-order valence-electron chi connectivity index (χ0n) is 8.16. The van der Waals surface area contributed by atoms with Gasteiger partial charge in [0.25, 0.3) is 0 Å². The van der Waals surface area contributed by atoms with Crippen LogP contribution in [0.1, 0.15) is 18.4 Å². The molecule has 0 bridgehead atoms. The van der Waals surface area contributed by atoms with Gasteiger partial charge in [-0.3, -0.25) is 4.79 Å². The monoisotopic (exact) mass is 204 g/mol. The second-order valence-electron chi connectivity index (χ2n) is 3.44. The number of carbonyl (C=O) groups excluding carboxylic acids is 1. The minimum absolute atomic E-state index is 0.0535. The first kappa shape index (κ1) is 9.51. The predicted octanol–water partition coefficient (Wildman–Crippen LogP) is 0.465. The Morgan fingerprint density at radius 3 is 2.60 bits per heavy atom. The van der Waals surface area contributed by atoms with Gasteiger partial charge in [0.05, 0.1) is 17.1 Å². The molecule has 78 valence electrons. The molecule has 0 fully saturated rings. The van der Waals surface area contributed by atoms with Crippen LogP contribution in [-0.4, -0.2) is 11.6 Å². The Labute approximate surface area is 87.1 Å². The minimum Gasteiger partial charge on any atom is -0.397 e. The highest BCUT2D eigenvalue weighted by atomic mass is 16.2. The van der Waals surface area contributed by atoms with Crippen molar-refractivity contribution >= 4 is 23.0 Å². The van der Waals surface area contributed by atoms with Gasteiger partial charge in [0, 0.05) is 12.8 Å². The molecule has 1 aliphatic heterocycles. The summed E-state index contributed by atoms with van der Waals surface area (Å²) >= 11 is 0. The number of anilines is 2. The van der Waals surface area contributed by atoms with Crippen molar-refractivity contribution < 1.29 is 4.79 Å². The topological polar surface area (TPSA) is 93.5 Å². The Hall–Kier alpha value is -2.04. The van der Waals surface area contributed by atoms with Crippen LogP contribution in [0.4, 0.5) is 11.4 Å². The Bertz CT molecular complexity index is 439. The predicted molar refractivity (Wildman–Crippen MR) is 59.2 cm³/mol. The van der Waals surface area contributed by atoms with Crippen molar-refractivity contribution in [3.8, 4) is 0 Å². The molecule has 15 heavy (non-hydrogen) atoms. The van der Waals surface area contributed by atoms with Crippen LogP contribution in [0.3, 0.4) is 0 Å². The van der Waals surface area contributed by atoms with E-state index in [1.54, 1.807) is 12.1 Å². The third kappa shape index (κ3) is 1.90. The zero-order chi connectivity index (χ0) is 10.8. The smallest absolute Gasteiger partial charge is 0.240 e. The van der Waals surface area contributed by atoms with E-state index in [1.807, 2.05) is 6.07 Å². The number of hydrogen-bond donors (Lipinski definition) is 3. The first-order chi connectivity index (χ1) is 7.16. The lowest BCUT2D eigenvalue weighted by Gasteiger charge is -2.12. The molecule has 1 aromatic carbocycles. The van der Waals surface area contributed by atoms with E-state index < -0.39 is 0 Å². The second-order valence-corrected chi connectivity index (χ2v) is 3.44. The summed E-state index contributed by atoms with van der Waals surface area (Å²) in [6, 6.07) is 5.36. The first-order valence-corrected chi connectivity index (χ1v) is 4.67. The molecule has 0 aliphatic carbocycles. The number of rotatable bonds is 1. The third-order valence-corrected chi connectivity index (χ3v) is 2.32. The fraction of sp³-hybridized carbons (Fsp3) is 0.200.